The number of aromatic nitrogens is 3. The van der Waals surface area contributed by atoms with E-state index in [9.17, 15) is 14.4 Å². The first-order valence-corrected chi connectivity index (χ1v) is 12.3. The molecule has 2 aromatic heterocycles. The lowest BCUT2D eigenvalue weighted by Crippen LogP contribution is -2.70. The van der Waals surface area contributed by atoms with Gasteiger partial charge in [0, 0.05) is 31.0 Å². The van der Waals surface area contributed by atoms with Crippen molar-refractivity contribution in [2.24, 2.45) is 13.0 Å². The summed E-state index contributed by atoms with van der Waals surface area (Å²) in [5.74, 6) is -1.20. The molecule has 0 saturated carbocycles. The summed E-state index contributed by atoms with van der Waals surface area (Å²) < 4.78 is 1.58. The van der Waals surface area contributed by atoms with Gasteiger partial charge >= 0.3 is 6.03 Å². The second-order valence-electron chi connectivity index (χ2n) is 9.24. The van der Waals surface area contributed by atoms with Crippen LogP contribution in [0.15, 0.2) is 48.8 Å². The van der Waals surface area contributed by atoms with Crippen molar-refractivity contribution in [3.05, 3.63) is 70.6 Å². The molecule has 1 aliphatic rings. The summed E-state index contributed by atoms with van der Waals surface area (Å²) in [6.45, 7) is 3.73. The van der Waals surface area contributed by atoms with Crippen LogP contribution in [0.4, 0.5) is 16.3 Å². The third-order valence-corrected chi connectivity index (χ3v) is 6.81. The lowest BCUT2D eigenvalue weighted by molar-refractivity contribution is -0.156. The third-order valence-electron chi connectivity index (χ3n) is 6.56. The van der Waals surface area contributed by atoms with Crippen molar-refractivity contribution in [2.75, 3.05) is 17.7 Å². The predicted molar refractivity (Wildman–Crippen MR) is 141 cm³/mol. The van der Waals surface area contributed by atoms with E-state index in [1.165, 1.54) is 4.90 Å². The maximum absolute atomic E-state index is 13.7. The number of pyridine rings is 1. The smallest absolute Gasteiger partial charge is 0.325 e. The highest BCUT2D eigenvalue weighted by molar-refractivity contribution is 6.30. The molecule has 3 heterocycles. The molecule has 1 unspecified atom stereocenters. The number of nitrogen functional groups attached to an aromatic ring is 1. The second kappa shape index (κ2) is 10.6. The third kappa shape index (κ3) is 5.43. The van der Waals surface area contributed by atoms with Crippen molar-refractivity contribution in [1.29, 1.82) is 0 Å². The molecule has 0 spiro atoms. The number of carbonyl (C=O) groups is 3. The minimum absolute atomic E-state index is 0.252. The maximum atomic E-state index is 13.7. The van der Waals surface area contributed by atoms with E-state index in [1.54, 1.807) is 49.4 Å². The lowest BCUT2D eigenvalue weighted by atomic mass is 9.81. The summed E-state index contributed by atoms with van der Waals surface area (Å²) in [5, 5.41) is 7.62. The molecule has 194 valence electrons. The SMILES string of the molecule is CCC(NC(=O)N1C(=O)[C@H](Cc2cc(C)nc(N)c2)[C@H]1C(=O)N(C)c1cnn(C)c1)c1ccc(Cl)cc1. The Balaban J connectivity index is 1.60. The number of amides is 4. The van der Waals surface area contributed by atoms with Crippen LogP contribution >= 0.6 is 11.6 Å². The molecule has 3 atom stereocenters. The molecule has 4 amide bonds. The van der Waals surface area contributed by atoms with Gasteiger partial charge in [-0.3, -0.25) is 19.2 Å². The molecular formula is C26H30ClN7O3. The molecular weight excluding hydrogens is 494 g/mol. The normalized spacial score (nSPS) is 17.8. The summed E-state index contributed by atoms with van der Waals surface area (Å²) in [6, 6.07) is 8.68. The van der Waals surface area contributed by atoms with Crippen molar-refractivity contribution in [3.8, 4) is 0 Å². The predicted octanol–water partition coefficient (Wildman–Crippen LogP) is 3.25. The number of nitrogens with two attached hydrogens (primary N) is 1. The van der Waals surface area contributed by atoms with Gasteiger partial charge in [0.05, 0.1) is 23.8 Å². The van der Waals surface area contributed by atoms with Crippen LogP contribution in [0, 0.1) is 12.8 Å². The number of anilines is 2. The standard InChI is InChI=1S/C26H30ClN7O3/c1-5-21(17-6-8-18(27)9-7-17)31-26(37)34-23(25(36)33(4)19-13-29-32(3)14-19)20(24(34)35)11-16-10-15(2)30-22(28)12-16/h6-10,12-14,20-21,23H,5,11H2,1-4H3,(H2,28,30)(H,31,37)/t20-,21?,23+/m1/s1. The van der Waals surface area contributed by atoms with E-state index in [-0.39, 0.29) is 18.4 Å². The first kappa shape index (κ1) is 26.2. The Morgan fingerprint density at radius 1 is 1.24 bits per heavy atom. The molecule has 0 bridgehead atoms. The number of nitrogens with one attached hydrogen (secondary N) is 1. The number of urea groups is 1. The molecule has 1 aliphatic heterocycles. The molecule has 1 fully saturated rings. The van der Waals surface area contributed by atoms with E-state index in [0.29, 0.717) is 28.6 Å². The van der Waals surface area contributed by atoms with Gasteiger partial charge < -0.3 is 16.0 Å². The molecule has 10 nitrogen and oxygen atoms in total. The van der Waals surface area contributed by atoms with E-state index >= 15 is 0 Å². The number of benzene rings is 1. The van der Waals surface area contributed by atoms with Crippen molar-refractivity contribution >= 4 is 41.0 Å². The fraction of sp³-hybridized carbons (Fsp3) is 0.346. The van der Waals surface area contributed by atoms with Crippen molar-refractivity contribution in [3.63, 3.8) is 0 Å². The van der Waals surface area contributed by atoms with Gasteiger partial charge in [0.15, 0.2) is 0 Å². The van der Waals surface area contributed by atoms with Gasteiger partial charge in [-0.15, -0.1) is 0 Å². The number of hydrogen-bond acceptors (Lipinski definition) is 6. The van der Waals surface area contributed by atoms with Gasteiger partial charge in [-0.05, 0) is 55.2 Å². The molecule has 1 aromatic carbocycles. The van der Waals surface area contributed by atoms with Crippen LogP contribution in [0.2, 0.25) is 5.02 Å². The van der Waals surface area contributed by atoms with Gasteiger partial charge in [0.2, 0.25) is 5.91 Å². The first-order chi connectivity index (χ1) is 17.6. The first-order valence-electron chi connectivity index (χ1n) is 12.0. The Morgan fingerprint density at radius 2 is 1.95 bits per heavy atom. The number of carbonyl (C=O) groups excluding carboxylic acids is 3. The maximum Gasteiger partial charge on any atom is 0.325 e. The Morgan fingerprint density at radius 3 is 2.54 bits per heavy atom. The lowest BCUT2D eigenvalue weighted by Gasteiger charge is -2.46. The minimum atomic E-state index is -0.991. The zero-order valence-electron chi connectivity index (χ0n) is 21.2. The molecule has 4 rings (SSSR count). The van der Waals surface area contributed by atoms with Gasteiger partial charge in [0.25, 0.3) is 5.91 Å². The average molecular weight is 524 g/mol. The largest absolute Gasteiger partial charge is 0.384 e. The number of β-lactam (4-membered cyclic amide) rings is 1. The number of hydrogen-bond donors (Lipinski definition) is 2. The fourth-order valence-corrected chi connectivity index (χ4v) is 4.76. The van der Waals surface area contributed by atoms with Crippen LogP contribution < -0.4 is 16.0 Å². The Kier molecular flexibility index (Phi) is 7.49. The van der Waals surface area contributed by atoms with Gasteiger partial charge in [0.1, 0.15) is 11.9 Å². The Bertz CT molecular complexity index is 1300. The highest BCUT2D eigenvalue weighted by Gasteiger charge is 2.55. The Hall–Kier alpha value is -3.92. The zero-order chi connectivity index (χ0) is 26.9. The molecule has 37 heavy (non-hydrogen) atoms. The number of halogens is 1. The summed E-state index contributed by atoms with van der Waals surface area (Å²) in [6.07, 6.45) is 4.08. The molecule has 0 radical (unpaired) electrons. The summed E-state index contributed by atoms with van der Waals surface area (Å²) in [5.41, 5.74) is 8.79. The van der Waals surface area contributed by atoms with Gasteiger partial charge in [-0.2, -0.15) is 5.10 Å². The number of nitrogens with zero attached hydrogens (tertiary/aromatic N) is 5. The van der Waals surface area contributed by atoms with Gasteiger partial charge in [-0.1, -0.05) is 30.7 Å². The van der Waals surface area contributed by atoms with E-state index < -0.39 is 23.9 Å². The van der Waals surface area contributed by atoms with Crippen LogP contribution in [-0.4, -0.2) is 50.6 Å². The average Bonchev–Trinajstić information content (AvgIpc) is 3.29. The monoisotopic (exact) mass is 523 g/mol. The second-order valence-corrected chi connectivity index (χ2v) is 9.67. The van der Waals surface area contributed by atoms with E-state index in [1.807, 2.05) is 32.0 Å². The Labute approximate surface area is 220 Å². The van der Waals surface area contributed by atoms with Crippen LogP contribution in [0.25, 0.3) is 0 Å². The number of likely N-dealkylation sites (tertiary alicyclic amines) is 1. The highest BCUT2D eigenvalue weighted by Crippen LogP contribution is 2.33. The topological polar surface area (TPSA) is 126 Å². The van der Waals surface area contributed by atoms with Crippen LogP contribution in [-0.2, 0) is 23.1 Å². The van der Waals surface area contributed by atoms with E-state index in [2.05, 4.69) is 15.4 Å². The van der Waals surface area contributed by atoms with Crippen molar-refractivity contribution in [2.45, 2.75) is 38.8 Å². The molecule has 1 saturated heterocycles. The van der Waals surface area contributed by atoms with Crippen LogP contribution in [0.5, 0.6) is 0 Å². The number of imide groups is 1. The number of likely N-dealkylation sites (N-methyl/N-ethyl adjacent to an activating group) is 1. The van der Waals surface area contributed by atoms with Crippen molar-refractivity contribution < 1.29 is 14.4 Å². The number of rotatable bonds is 7. The fourth-order valence-electron chi connectivity index (χ4n) is 4.64. The zero-order valence-corrected chi connectivity index (χ0v) is 21.9. The number of aryl methyl sites for hydroxylation is 2. The van der Waals surface area contributed by atoms with E-state index in [4.69, 9.17) is 17.3 Å². The molecule has 11 heteroatoms. The highest BCUT2D eigenvalue weighted by atomic mass is 35.5. The van der Waals surface area contributed by atoms with Crippen LogP contribution in [0.3, 0.4) is 0 Å². The summed E-state index contributed by atoms with van der Waals surface area (Å²) >= 11 is 6.00. The quantitative estimate of drug-likeness (QED) is 0.458. The summed E-state index contributed by atoms with van der Waals surface area (Å²) in [4.78, 5) is 47.0. The summed E-state index contributed by atoms with van der Waals surface area (Å²) in [7, 11) is 3.35. The molecule has 0 aliphatic carbocycles. The molecule has 3 N–H and O–H groups in total. The van der Waals surface area contributed by atoms with Crippen LogP contribution in [0.1, 0.15) is 36.2 Å². The van der Waals surface area contributed by atoms with E-state index in [0.717, 1.165) is 16.0 Å². The van der Waals surface area contributed by atoms with Gasteiger partial charge in [-0.25, -0.2) is 9.78 Å². The van der Waals surface area contributed by atoms with Crippen molar-refractivity contribution in [1.82, 2.24) is 25.0 Å². The molecule has 3 aromatic rings. The minimum Gasteiger partial charge on any atom is -0.384 e.